The third-order valence-electron chi connectivity index (χ3n) is 2.94. The minimum atomic E-state index is -0.610. The summed E-state index contributed by atoms with van der Waals surface area (Å²) in [7, 11) is 0. The Morgan fingerprint density at radius 1 is 1.08 bits per heavy atom. The Balaban J connectivity index is 1.63. The molecule has 0 unspecified atom stereocenters. The highest BCUT2D eigenvalue weighted by atomic mass is 35.5. The second kappa shape index (κ2) is 9.20. The number of carbonyl (C=O) groups is 2. The maximum atomic E-state index is 11.7. The number of rotatable bonds is 7. The van der Waals surface area contributed by atoms with Crippen LogP contribution in [0.2, 0.25) is 5.02 Å². The van der Waals surface area contributed by atoms with Gasteiger partial charge in [-0.1, -0.05) is 11.6 Å². The molecule has 126 valence electrons. The quantitative estimate of drug-likeness (QED) is 0.448. The second-order valence-corrected chi connectivity index (χ2v) is 6.38. The monoisotopic (exact) mass is 365 g/mol. The molecule has 0 fully saturated rings. The van der Waals surface area contributed by atoms with Gasteiger partial charge in [0, 0.05) is 22.2 Å². The van der Waals surface area contributed by atoms with E-state index in [1.165, 1.54) is 24.3 Å². The number of thioether (sulfide) groups is 1. The van der Waals surface area contributed by atoms with Gasteiger partial charge in [-0.25, -0.2) is 4.79 Å². The highest BCUT2D eigenvalue weighted by Gasteiger charge is 2.09. The van der Waals surface area contributed by atoms with Crippen LogP contribution in [0.3, 0.4) is 0 Å². The first-order valence-corrected chi connectivity index (χ1v) is 8.52. The number of amides is 1. The van der Waals surface area contributed by atoms with Crippen LogP contribution in [0.15, 0.2) is 53.4 Å². The maximum Gasteiger partial charge on any atom is 0.338 e. The molecule has 0 spiro atoms. The molecule has 24 heavy (non-hydrogen) atoms. The molecular formula is C17H16ClNO4S. The van der Waals surface area contributed by atoms with E-state index in [0.717, 1.165) is 4.90 Å². The average Bonchev–Trinajstić information content (AvgIpc) is 2.59. The highest BCUT2D eigenvalue weighted by molar-refractivity contribution is 7.99. The van der Waals surface area contributed by atoms with E-state index < -0.39 is 5.97 Å². The van der Waals surface area contributed by atoms with E-state index in [2.05, 4.69) is 5.32 Å². The number of hydrogen-bond acceptors (Lipinski definition) is 5. The predicted molar refractivity (Wildman–Crippen MR) is 93.6 cm³/mol. The van der Waals surface area contributed by atoms with Crippen LogP contribution < -0.4 is 5.32 Å². The topological polar surface area (TPSA) is 75.6 Å². The van der Waals surface area contributed by atoms with Crippen LogP contribution >= 0.6 is 23.4 Å². The van der Waals surface area contributed by atoms with Crippen LogP contribution in [-0.2, 0) is 9.53 Å². The van der Waals surface area contributed by atoms with Gasteiger partial charge in [0.05, 0.1) is 5.56 Å². The van der Waals surface area contributed by atoms with Crippen molar-refractivity contribution in [2.45, 2.75) is 4.90 Å². The molecule has 0 saturated heterocycles. The Bertz CT molecular complexity index is 689. The lowest BCUT2D eigenvalue weighted by Crippen LogP contribution is -2.30. The van der Waals surface area contributed by atoms with Crippen molar-refractivity contribution in [3.63, 3.8) is 0 Å². The number of ether oxygens (including phenoxy) is 1. The Hall–Kier alpha value is -2.18. The number of phenolic OH excluding ortho intramolecular Hbond substituents is 1. The van der Waals surface area contributed by atoms with E-state index in [1.807, 2.05) is 24.3 Å². The molecule has 5 nitrogen and oxygen atoms in total. The fraction of sp³-hybridized carbons (Fsp3) is 0.176. The second-order valence-electron chi connectivity index (χ2n) is 4.78. The first-order chi connectivity index (χ1) is 11.5. The molecule has 2 rings (SSSR count). The van der Waals surface area contributed by atoms with Gasteiger partial charge < -0.3 is 15.2 Å². The van der Waals surface area contributed by atoms with Crippen LogP contribution in [0.5, 0.6) is 5.75 Å². The summed E-state index contributed by atoms with van der Waals surface area (Å²) < 4.78 is 4.90. The van der Waals surface area contributed by atoms with E-state index in [0.29, 0.717) is 17.3 Å². The molecule has 0 bridgehead atoms. The number of phenols is 1. The fourth-order valence-corrected chi connectivity index (χ4v) is 2.65. The summed E-state index contributed by atoms with van der Waals surface area (Å²) in [5.74, 6) is -0.221. The van der Waals surface area contributed by atoms with Crippen LogP contribution in [0.4, 0.5) is 0 Å². The zero-order valence-electron chi connectivity index (χ0n) is 12.7. The zero-order chi connectivity index (χ0) is 17.4. The van der Waals surface area contributed by atoms with Gasteiger partial charge in [-0.3, -0.25) is 4.79 Å². The van der Waals surface area contributed by atoms with Crippen molar-refractivity contribution in [3.05, 3.63) is 59.1 Å². The maximum absolute atomic E-state index is 11.7. The summed E-state index contributed by atoms with van der Waals surface area (Å²) in [5.41, 5.74) is 0.277. The summed E-state index contributed by atoms with van der Waals surface area (Å²) >= 11 is 7.40. The summed E-state index contributed by atoms with van der Waals surface area (Å²) in [4.78, 5) is 24.4. The van der Waals surface area contributed by atoms with Gasteiger partial charge in [-0.2, -0.15) is 0 Å². The Morgan fingerprint density at radius 3 is 2.42 bits per heavy atom. The number of benzene rings is 2. The molecule has 0 aliphatic rings. The smallest absolute Gasteiger partial charge is 0.338 e. The molecule has 0 saturated carbocycles. The Morgan fingerprint density at radius 2 is 1.75 bits per heavy atom. The molecule has 0 aromatic heterocycles. The summed E-state index contributed by atoms with van der Waals surface area (Å²) in [6.07, 6.45) is 0. The van der Waals surface area contributed by atoms with Crippen LogP contribution in [-0.4, -0.2) is 35.9 Å². The molecular weight excluding hydrogens is 350 g/mol. The SMILES string of the molecule is O=C(COC(=O)c1ccc(O)cc1)NCCSc1ccc(Cl)cc1. The third kappa shape index (κ3) is 6.14. The first kappa shape index (κ1) is 18.2. The van der Waals surface area contributed by atoms with Gasteiger partial charge in [0.1, 0.15) is 5.75 Å². The van der Waals surface area contributed by atoms with Crippen molar-refractivity contribution < 1.29 is 19.4 Å². The normalized spacial score (nSPS) is 10.2. The molecule has 2 aromatic carbocycles. The van der Waals surface area contributed by atoms with Gasteiger partial charge in [0.15, 0.2) is 6.61 Å². The number of carbonyl (C=O) groups excluding carboxylic acids is 2. The number of nitrogens with one attached hydrogen (secondary N) is 1. The van der Waals surface area contributed by atoms with Crippen molar-refractivity contribution >= 4 is 35.2 Å². The molecule has 0 aliphatic heterocycles. The van der Waals surface area contributed by atoms with Crippen molar-refractivity contribution in [2.24, 2.45) is 0 Å². The zero-order valence-corrected chi connectivity index (χ0v) is 14.3. The van der Waals surface area contributed by atoms with E-state index in [-0.39, 0.29) is 23.8 Å². The molecule has 0 aliphatic carbocycles. The summed E-state index contributed by atoms with van der Waals surface area (Å²) in [5, 5.41) is 12.5. The number of esters is 1. The van der Waals surface area contributed by atoms with Crippen LogP contribution in [0.25, 0.3) is 0 Å². The van der Waals surface area contributed by atoms with Crippen molar-refractivity contribution in [1.29, 1.82) is 0 Å². The highest BCUT2D eigenvalue weighted by Crippen LogP contribution is 2.19. The Labute approximate surface area is 149 Å². The van der Waals surface area contributed by atoms with Crippen LogP contribution in [0.1, 0.15) is 10.4 Å². The van der Waals surface area contributed by atoms with Crippen LogP contribution in [0, 0.1) is 0 Å². The molecule has 0 atom stereocenters. The minimum Gasteiger partial charge on any atom is -0.508 e. The Kier molecular flexibility index (Phi) is 6.96. The molecule has 0 heterocycles. The lowest BCUT2D eigenvalue weighted by Gasteiger charge is -2.07. The average molecular weight is 366 g/mol. The fourth-order valence-electron chi connectivity index (χ4n) is 1.75. The molecule has 2 aromatic rings. The van der Waals surface area contributed by atoms with E-state index in [9.17, 15) is 9.59 Å². The molecule has 1 amide bonds. The van der Waals surface area contributed by atoms with Crippen molar-refractivity contribution in [2.75, 3.05) is 18.9 Å². The van der Waals surface area contributed by atoms with Gasteiger partial charge in [0.2, 0.25) is 0 Å². The van der Waals surface area contributed by atoms with Gasteiger partial charge in [-0.15, -0.1) is 11.8 Å². The summed E-state index contributed by atoms with van der Waals surface area (Å²) in [6, 6.07) is 13.1. The standard InChI is InChI=1S/C17H16ClNO4S/c18-13-3-7-15(8-4-13)24-10-9-19-16(21)11-23-17(22)12-1-5-14(20)6-2-12/h1-8,20H,9-11H2,(H,19,21). The third-order valence-corrected chi connectivity index (χ3v) is 4.21. The van der Waals surface area contributed by atoms with Gasteiger partial charge >= 0.3 is 5.97 Å². The lowest BCUT2D eigenvalue weighted by atomic mass is 10.2. The summed E-state index contributed by atoms with van der Waals surface area (Å²) in [6.45, 7) is 0.119. The van der Waals surface area contributed by atoms with Gasteiger partial charge in [0.25, 0.3) is 5.91 Å². The van der Waals surface area contributed by atoms with E-state index in [1.54, 1.807) is 11.8 Å². The predicted octanol–water partition coefficient (Wildman–Crippen LogP) is 3.11. The van der Waals surface area contributed by atoms with Gasteiger partial charge in [-0.05, 0) is 48.5 Å². The number of aromatic hydroxyl groups is 1. The largest absolute Gasteiger partial charge is 0.508 e. The van der Waals surface area contributed by atoms with Crippen molar-refractivity contribution in [1.82, 2.24) is 5.32 Å². The molecule has 0 radical (unpaired) electrons. The minimum absolute atomic E-state index is 0.0579. The molecule has 7 heteroatoms. The number of hydrogen-bond donors (Lipinski definition) is 2. The lowest BCUT2D eigenvalue weighted by molar-refractivity contribution is -0.124. The van der Waals surface area contributed by atoms with E-state index >= 15 is 0 Å². The molecule has 2 N–H and O–H groups in total. The van der Waals surface area contributed by atoms with Crippen molar-refractivity contribution in [3.8, 4) is 5.75 Å². The number of halogens is 1. The first-order valence-electron chi connectivity index (χ1n) is 7.16. The van der Waals surface area contributed by atoms with E-state index in [4.69, 9.17) is 21.4 Å².